The zero-order valence-electron chi connectivity index (χ0n) is 21.8. The smallest absolute Gasteiger partial charge is 0.303 e. The summed E-state index contributed by atoms with van der Waals surface area (Å²) in [6.07, 6.45) is -2.24. The minimum atomic E-state index is -1.63. The highest BCUT2D eigenvalue weighted by atomic mass is 16.7. The van der Waals surface area contributed by atoms with Crippen molar-refractivity contribution in [2.75, 3.05) is 39.4 Å². The highest BCUT2D eigenvalue weighted by molar-refractivity contribution is 5.66. The molecule has 218 valence electrons. The zero-order chi connectivity index (χ0) is 27.5. The molecule has 3 aliphatic heterocycles. The lowest BCUT2D eigenvalue weighted by Crippen LogP contribution is -2.61. The summed E-state index contributed by atoms with van der Waals surface area (Å²) in [6.45, 7) is 2.91. The van der Waals surface area contributed by atoms with E-state index in [-0.39, 0.29) is 0 Å². The fourth-order valence-corrected chi connectivity index (χ4v) is 4.61. The molecule has 0 aromatic heterocycles. The summed E-state index contributed by atoms with van der Waals surface area (Å²) in [5, 5.41) is 63.7. The summed E-state index contributed by atoms with van der Waals surface area (Å²) in [5.74, 6) is -0.749. The van der Waals surface area contributed by atoms with Crippen LogP contribution < -0.4 is 0 Å². The van der Waals surface area contributed by atoms with Gasteiger partial charge in [0.25, 0.3) is 0 Å². The van der Waals surface area contributed by atoms with Gasteiger partial charge < -0.3 is 44.5 Å². The number of nitrogens with zero attached hydrogens (tertiary/aromatic N) is 4. The van der Waals surface area contributed by atoms with Crippen molar-refractivity contribution >= 4 is 18.4 Å². The van der Waals surface area contributed by atoms with Crippen LogP contribution in [0.3, 0.4) is 0 Å². The van der Waals surface area contributed by atoms with Crippen molar-refractivity contribution in [1.29, 1.82) is 0 Å². The molecule has 0 unspecified atom stereocenters. The van der Waals surface area contributed by atoms with E-state index in [0.717, 1.165) is 71.6 Å². The van der Waals surface area contributed by atoms with Crippen molar-refractivity contribution in [3.8, 4) is 0 Å². The number of ether oxygens (including phenoxy) is 4. The maximum atomic E-state index is 11.5. The van der Waals surface area contributed by atoms with E-state index in [4.69, 9.17) is 18.9 Å². The fourth-order valence-electron chi connectivity index (χ4n) is 4.61. The molecular formula is C24H42N4O10. The standard InChI is InChI=1S/C24H42N4O10/c1-16(31)35-23-21(33)19(15-30)38-24(22(23)34)37-17(12-25-27-8-4-2-5-9-27)18(14-29)36-20(32)13-26-28-10-6-3-7-11-28/h12-13,17-24,29-30,32-34H,2-11,14-15H2,1H3/b25-12+,26-13-/t17-,18+,19-,20+,21+,22-,23+,24-/m1/s1. The first-order valence-corrected chi connectivity index (χ1v) is 13.3. The summed E-state index contributed by atoms with van der Waals surface area (Å²) in [4.78, 5) is 11.5. The van der Waals surface area contributed by atoms with Crippen molar-refractivity contribution in [3.05, 3.63) is 0 Å². The average Bonchev–Trinajstić information content (AvgIpc) is 2.93. The number of aliphatic hydroxyl groups excluding tert-OH is 5. The van der Waals surface area contributed by atoms with E-state index in [2.05, 4.69) is 10.2 Å². The number of esters is 1. The second-order valence-corrected chi connectivity index (χ2v) is 9.69. The highest BCUT2D eigenvalue weighted by Crippen LogP contribution is 2.26. The Kier molecular flexibility index (Phi) is 12.6. The molecule has 5 N–H and O–H groups in total. The third-order valence-corrected chi connectivity index (χ3v) is 6.68. The zero-order valence-corrected chi connectivity index (χ0v) is 21.8. The highest BCUT2D eigenvalue weighted by Gasteiger charge is 2.48. The molecule has 0 aromatic rings. The Balaban J connectivity index is 1.75. The van der Waals surface area contributed by atoms with E-state index in [1.54, 1.807) is 0 Å². The Morgan fingerprint density at radius 2 is 1.55 bits per heavy atom. The minimum absolute atomic E-state index is 0.590. The monoisotopic (exact) mass is 546 g/mol. The number of carbonyl (C=O) groups is 1. The molecule has 0 aromatic carbocycles. The number of rotatable bonds is 12. The SMILES string of the molecule is CC(=O)O[C@H]1[C@@H](O)[C@@H](CO)O[C@@H](O[C@H](/C=N/N2CCCCC2)[C@H](CO)O[C@H](O)/C=N\N2CCCCC2)[C@@H]1O. The van der Waals surface area contributed by atoms with E-state index in [9.17, 15) is 30.3 Å². The van der Waals surface area contributed by atoms with Gasteiger partial charge in [-0.15, -0.1) is 0 Å². The topological polar surface area (TPSA) is 186 Å². The van der Waals surface area contributed by atoms with Gasteiger partial charge in [-0.25, -0.2) is 0 Å². The third-order valence-electron chi connectivity index (χ3n) is 6.68. The van der Waals surface area contributed by atoms with Crippen LogP contribution in [-0.4, -0.2) is 143 Å². The molecule has 3 rings (SSSR count). The van der Waals surface area contributed by atoms with E-state index < -0.39 is 68.4 Å². The normalized spacial score (nSPS) is 31.5. The summed E-state index contributed by atoms with van der Waals surface area (Å²) in [5.41, 5.74) is 0. The summed E-state index contributed by atoms with van der Waals surface area (Å²) >= 11 is 0. The van der Waals surface area contributed by atoms with Crippen molar-refractivity contribution in [1.82, 2.24) is 10.0 Å². The van der Waals surface area contributed by atoms with Gasteiger partial charge in [0.05, 0.1) is 25.6 Å². The van der Waals surface area contributed by atoms with E-state index >= 15 is 0 Å². The van der Waals surface area contributed by atoms with Gasteiger partial charge >= 0.3 is 5.97 Å². The second-order valence-electron chi connectivity index (χ2n) is 9.69. The van der Waals surface area contributed by atoms with E-state index in [0.29, 0.717) is 0 Å². The van der Waals surface area contributed by atoms with Crippen LogP contribution in [0.15, 0.2) is 10.2 Å². The maximum absolute atomic E-state index is 11.5. The number of hydrogen-bond donors (Lipinski definition) is 5. The molecule has 14 heteroatoms. The first-order valence-electron chi connectivity index (χ1n) is 13.3. The lowest BCUT2D eigenvalue weighted by Gasteiger charge is -2.42. The minimum Gasteiger partial charge on any atom is -0.457 e. The van der Waals surface area contributed by atoms with Gasteiger partial charge in [-0.1, -0.05) is 0 Å². The lowest BCUT2D eigenvalue weighted by molar-refractivity contribution is -0.315. The Morgan fingerprint density at radius 3 is 2.08 bits per heavy atom. The number of hydrazone groups is 2. The largest absolute Gasteiger partial charge is 0.457 e. The summed E-state index contributed by atoms with van der Waals surface area (Å²) in [6, 6.07) is 0. The molecule has 8 atom stereocenters. The average molecular weight is 547 g/mol. The second kappa shape index (κ2) is 15.6. The summed E-state index contributed by atoms with van der Waals surface area (Å²) in [7, 11) is 0. The third kappa shape index (κ3) is 9.09. The van der Waals surface area contributed by atoms with Gasteiger partial charge in [-0.2, -0.15) is 10.2 Å². The lowest BCUT2D eigenvalue weighted by atomic mass is 9.99. The Bertz CT molecular complexity index is 762. The van der Waals surface area contributed by atoms with E-state index in [1.807, 2.05) is 10.0 Å². The van der Waals surface area contributed by atoms with Crippen LogP contribution in [0, 0.1) is 0 Å². The molecule has 3 fully saturated rings. The number of piperidine rings is 2. The molecule has 14 nitrogen and oxygen atoms in total. The Hall–Kier alpha value is -1.91. The molecule has 3 saturated heterocycles. The molecular weight excluding hydrogens is 504 g/mol. The van der Waals surface area contributed by atoms with E-state index in [1.165, 1.54) is 12.4 Å². The molecule has 38 heavy (non-hydrogen) atoms. The molecule has 0 saturated carbocycles. The van der Waals surface area contributed by atoms with Crippen molar-refractivity contribution in [2.45, 2.75) is 94.7 Å². The van der Waals surface area contributed by atoms with Crippen LogP contribution in [0.25, 0.3) is 0 Å². The van der Waals surface area contributed by atoms with Crippen molar-refractivity contribution < 1.29 is 49.3 Å². The van der Waals surface area contributed by atoms with Gasteiger partial charge in [0.15, 0.2) is 18.7 Å². The van der Waals surface area contributed by atoms with Gasteiger partial charge in [-0.05, 0) is 38.5 Å². The van der Waals surface area contributed by atoms with Crippen LogP contribution >= 0.6 is 0 Å². The molecule has 0 spiro atoms. The van der Waals surface area contributed by atoms with Gasteiger partial charge in [0.2, 0.25) is 0 Å². The predicted molar refractivity (Wildman–Crippen MR) is 134 cm³/mol. The van der Waals surface area contributed by atoms with Crippen LogP contribution in [0.5, 0.6) is 0 Å². The van der Waals surface area contributed by atoms with Crippen molar-refractivity contribution in [2.24, 2.45) is 10.2 Å². The first kappa shape index (κ1) is 30.6. The van der Waals surface area contributed by atoms with Crippen LogP contribution in [0.4, 0.5) is 0 Å². The molecule has 0 bridgehead atoms. The quantitative estimate of drug-likeness (QED) is 0.107. The number of hydrogen-bond acceptors (Lipinski definition) is 14. The van der Waals surface area contributed by atoms with Crippen molar-refractivity contribution in [3.63, 3.8) is 0 Å². The van der Waals surface area contributed by atoms with Gasteiger partial charge in [0, 0.05) is 33.1 Å². The van der Waals surface area contributed by atoms with Crippen LogP contribution in [0.2, 0.25) is 0 Å². The van der Waals surface area contributed by atoms with Gasteiger partial charge in [-0.3, -0.25) is 14.8 Å². The Morgan fingerprint density at radius 1 is 0.974 bits per heavy atom. The maximum Gasteiger partial charge on any atom is 0.303 e. The first-order chi connectivity index (χ1) is 18.3. The van der Waals surface area contributed by atoms with Crippen LogP contribution in [0.1, 0.15) is 45.4 Å². The molecule has 0 amide bonds. The molecule has 3 heterocycles. The summed E-state index contributed by atoms with van der Waals surface area (Å²) < 4.78 is 22.1. The predicted octanol–water partition coefficient (Wildman–Crippen LogP) is -1.62. The van der Waals surface area contributed by atoms with Gasteiger partial charge in [0.1, 0.15) is 30.5 Å². The Labute approximate surface area is 222 Å². The van der Waals surface area contributed by atoms with Crippen LogP contribution in [-0.2, 0) is 23.7 Å². The molecule has 0 aliphatic carbocycles. The molecule has 0 radical (unpaired) electrons. The fraction of sp³-hybridized carbons (Fsp3) is 0.875. The number of carbonyl (C=O) groups excluding carboxylic acids is 1. The number of aliphatic hydroxyl groups is 5. The molecule has 3 aliphatic rings.